The number of amides is 1. The number of carbonyl (C=O) groups is 2. The molecule has 0 aliphatic carbocycles. The Morgan fingerprint density at radius 3 is 2.06 bits per heavy atom. The van der Waals surface area contributed by atoms with Gasteiger partial charge in [0.1, 0.15) is 12.2 Å². The molecular formula is C13H25NO4. The van der Waals surface area contributed by atoms with Crippen LogP contribution < -0.4 is 5.32 Å². The Hall–Kier alpha value is -1.10. The molecule has 0 unspecified atom stereocenters. The third kappa shape index (κ3) is 6.00. The molecule has 5 heteroatoms. The van der Waals surface area contributed by atoms with E-state index in [2.05, 4.69) is 5.32 Å². The Morgan fingerprint density at radius 1 is 1.22 bits per heavy atom. The fourth-order valence-electron chi connectivity index (χ4n) is 1.66. The van der Waals surface area contributed by atoms with Gasteiger partial charge in [-0.3, -0.25) is 4.79 Å². The molecule has 18 heavy (non-hydrogen) atoms. The fourth-order valence-corrected chi connectivity index (χ4v) is 1.66. The molecule has 0 aromatic carbocycles. The number of hydrogen-bond acceptors (Lipinski definition) is 4. The lowest BCUT2D eigenvalue weighted by molar-refractivity contribution is -0.126. The topological polar surface area (TPSA) is 75.6 Å². The molecule has 0 fully saturated rings. The van der Waals surface area contributed by atoms with E-state index in [9.17, 15) is 9.59 Å². The number of ether oxygens (including phenoxy) is 1. The van der Waals surface area contributed by atoms with E-state index in [-0.39, 0.29) is 17.7 Å². The van der Waals surface area contributed by atoms with Gasteiger partial charge in [-0.25, -0.2) is 4.79 Å². The van der Waals surface area contributed by atoms with Crippen molar-refractivity contribution in [2.24, 2.45) is 11.8 Å². The second-order valence-electron chi connectivity index (χ2n) is 5.83. The lowest BCUT2D eigenvalue weighted by Gasteiger charge is -2.29. The first-order valence-corrected chi connectivity index (χ1v) is 6.21. The van der Waals surface area contributed by atoms with Crippen LogP contribution in [0.2, 0.25) is 0 Å². The minimum Gasteiger partial charge on any atom is -0.444 e. The third-order valence-corrected chi connectivity index (χ3v) is 2.60. The highest BCUT2D eigenvalue weighted by Gasteiger charge is 2.29. The summed E-state index contributed by atoms with van der Waals surface area (Å²) in [6, 6.07) is -0.348. The normalized spacial score (nSPS) is 15.1. The minimum absolute atomic E-state index is 0.0722. The zero-order valence-corrected chi connectivity index (χ0v) is 12.1. The van der Waals surface area contributed by atoms with Gasteiger partial charge in [-0.05, 0) is 26.7 Å². The van der Waals surface area contributed by atoms with Gasteiger partial charge < -0.3 is 15.2 Å². The summed E-state index contributed by atoms with van der Waals surface area (Å²) in [6.07, 6.45) is -0.543. The van der Waals surface area contributed by atoms with Crippen molar-refractivity contribution in [2.75, 3.05) is 6.61 Å². The Bertz CT molecular complexity index is 294. The molecule has 0 bridgehead atoms. The van der Waals surface area contributed by atoms with Gasteiger partial charge in [0.25, 0.3) is 0 Å². The Balaban J connectivity index is 4.64. The van der Waals surface area contributed by atoms with E-state index in [4.69, 9.17) is 9.84 Å². The van der Waals surface area contributed by atoms with E-state index >= 15 is 0 Å². The van der Waals surface area contributed by atoms with Crippen molar-refractivity contribution < 1.29 is 19.4 Å². The van der Waals surface area contributed by atoms with Crippen molar-refractivity contribution in [3.8, 4) is 0 Å². The van der Waals surface area contributed by atoms with E-state index in [0.29, 0.717) is 0 Å². The summed E-state index contributed by atoms with van der Waals surface area (Å²) in [4.78, 5) is 23.2. The van der Waals surface area contributed by atoms with E-state index in [1.165, 1.54) is 0 Å². The van der Waals surface area contributed by atoms with Crippen LogP contribution in [0.1, 0.15) is 41.5 Å². The molecule has 0 radical (unpaired) electrons. The summed E-state index contributed by atoms with van der Waals surface area (Å²) in [7, 11) is 0. The van der Waals surface area contributed by atoms with Gasteiger partial charge in [-0.2, -0.15) is 0 Å². The molecule has 1 amide bonds. The molecule has 0 heterocycles. The predicted molar refractivity (Wildman–Crippen MR) is 69.3 cm³/mol. The van der Waals surface area contributed by atoms with Crippen molar-refractivity contribution >= 4 is 11.9 Å². The van der Waals surface area contributed by atoms with Crippen molar-refractivity contribution in [3.05, 3.63) is 0 Å². The maximum Gasteiger partial charge on any atom is 0.407 e. The molecule has 0 aromatic rings. The number of Topliss-reactive ketones (excluding diaryl/α,β-unsaturated/α-hetero) is 1. The number of aliphatic hydroxyl groups is 1. The van der Waals surface area contributed by atoms with E-state index in [0.717, 1.165) is 0 Å². The molecule has 0 aliphatic heterocycles. The smallest absolute Gasteiger partial charge is 0.407 e. The SMILES string of the molecule is CC(C)[C@H](NC(=O)OC(C)(C)C)[C@H](C)C(=O)CO. The monoisotopic (exact) mass is 259 g/mol. The highest BCUT2D eigenvalue weighted by atomic mass is 16.6. The number of carbonyl (C=O) groups excluding carboxylic acids is 2. The molecule has 5 nitrogen and oxygen atoms in total. The van der Waals surface area contributed by atoms with Crippen LogP contribution in [0.15, 0.2) is 0 Å². The number of rotatable bonds is 5. The predicted octanol–water partition coefficient (Wildman–Crippen LogP) is 1.73. The molecule has 0 aliphatic rings. The largest absolute Gasteiger partial charge is 0.444 e. The lowest BCUT2D eigenvalue weighted by atomic mass is 9.89. The zero-order valence-electron chi connectivity index (χ0n) is 12.1. The second-order valence-corrected chi connectivity index (χ2v) is 5.83. The van der Waals surface area contributed by atoms with Gasteiger partial charge >= 0.3 is 6.09 Å². The maximum absolute atomic E-state index is 11.7. The number of nitrogens with one attached hydrogen (secondary N) is 1. The van der Waals surface area contributed by atoms with Gasteiger partial charge in [0.2, 0.25) is 0 Å². The lowest BCUT2D eigenvalue weighted by Crippen LogP contribution is -2.47. The van der Waals surface area contributed by atoms with Crippen LogP contribution in [0.3, 0.4) is 0 Å². The third-order valence-electron chi connectivity index (χ3n) is 2.60. The molecule has 106 valence electrons. The highest BCUT2D eigenvalue weighted by Crippen LogP contribution is 2.15. The maximum atomic E-state index is 11.7. The van der Waals surface area contributed by atoms with Crippen LogP contribution in [0.4, 0.5) is 4.79 Å². The van der Waals surface area contributed by atoms with Crippen LogP contribution in [0.25, 0.3) is 0 Å². The highest BCUT2D eigenvalue weighted by molar-refractivity contribution is 5.83. The molecular weight excluding hydrogens is 234 g/mol. The van der Waals surface area contributed by atoms with Crippen molar-refractivity contribution in [2.45, 2.75) is 53.2 Å². The molecule has 0 rings (SSSR count). The first kappa shape index (κ1) is 16.9. The van der Waals surface area contributed by atoms with Gasteiger partial charge in [-0.15, -0.1) is 0 Å². The van der Waals surface area contributed by atoms with Crippen LogP contribution in [-0.2, 0) is 9.53 Å². The molecule has 0 saturated carbocycles. The van der Waals surface area contributed by atoms with Crippen LogP contribution >= 0.6 is 0 Å². The average Bonchev–Trinajstić information content (AvgIpc) is 2.20. The summed E-state index contributed by atoms with van der Waals surface area (Å²) in [5, 5.41) is 11.6. The van der Waals surface area contributed by atoms with E-state index < -0.39 is 24.2 Å². The van der Waals surface area contributed by atoms with Gasteiger partial charge in [-0.1, -0.05) is 20.8 Å². The van der Waals surface area contributed by atoms with Crippen LogP contribution in [0, 0.1) is 11.8 Å². The Morgan fingerprint density at radius 2 is 1.72 bits per heavy atom. The summed E-state index contributed by atoms with van der Waals surface area (Å²) in [6.45, 7) is 10.3. The molecule has 2 atom stereocenters. The second kappa shape index (κ2) is 6.73. The molecule has 0 saturated heterocycles. The average molecular weight is 259 g/mol. The summed E-state index contributed by atoms with van der Waals surface area (Å²) < 4.78 is 5.16. The summed E-state index contributed by atoms with van der Waals surface area (Å²) in [5.74, 6) is -0.657. The van der Waals surface area contributed by atoms with Gasteiger partial charge in [0.05, 0.1) is 0 Å². The van der Waals surface area contributed by atoms with Crippen molar-refractivity contribution in [1.29, 1.82) is 0 Å². The first-order chi connectivity index (χ1) is 8.08. The summed E-state index contributed by atoms with van der Waals surface area (Å²) >= 11 is 0. The van der Waals surface area contributed by atoms with Crippen LogP contribution in [0.5, 0.6) is 0 Å². The van der Waals surface area contributed by atoms with E-state index in [1.807, 2.05) is 13.8 Å². The van der Waals surface area contributed by atoms with Gasteiger partial charge in [0.15, 0.2) is 5.78 Å². The van der Waals surface area contributed by atoms with Crippen molar-refractivity contribution in [3.63, 3.8) is 0 Å². The Kier molecular flexibility index (Phi) is 6.32. The standard InChI is InChI=1S/C13H25NO4/c1-8(2)11(9(3)10(16)7-15)14-12(17)18-13(4,5)6/h8-9,11,15H,7H2,1-6H3,(H,14,17)/t9-,11+/m1/s1. The molecule has 0 spiro atoms. The first-order valence-electron chi connectivity index (χ1n) is 6.21. The number of aliphatic hydroxyl groups excluding tert-OH is 1. The van der Waals surface area contributed by atoms with Crippen molar-refractivity contribution in [1.82, 2.24) is 5.32 Å². The van der Waals surface area contributed by atoms with Gasteiger partial charge in [0, 0.05) is 12.0 Å². The number of ketones is 1. The number of hydrogen-bond donors (Lipinski definition) is 2. The fraction of sp³-hybridized carbons (Fsp3) is 0.846. The molecule has 0 aromatic heterocycles. The van der Waals surface area contributed by atoms with E-state index in [1.54, 1.807) is 27.7 Å². The van der Waals surface area contributed by atoms with Crippen LogP contribution in [-0.4, -0.2) is 35.2 Å². The minimum atomic E-state index is -0.574. The molecule has 2 N–H and O–H groups in total. The quantitative estimate of drug-likeness (QED) is 0.788. The number of alkyl carbamates (subject to hydrolysis) is 1. The zero-order chi connectivity index (χ0) is 14.5. The summed E-state index contributed by atoms with van der Waals surface area (Å²) in [5.41, 5.74) is -0.574. The Labute approximate surface area is 109 Å².